The Bertz CT molecular complexity index is 1200. The second-order valence-corrected chi connectivity index (χ2v) is 16.8. The fraction of sp³-hybridized carbons (Fsp3) is 0.946. The number of carboxylic acids is 1. The van der Waals surface area contributed by atoms with Gasteiger partial charge in [0, 0.05) is 37.0 Å². The molecule has 282 valence electrons. The monoisotopic (exact) mass is 698 g/mol. The fourth-order valence-electron chi connectivity index (χ4n) is 9.66. The van der Waals surface area contributed by atoms with E-state index in [2.05, 4.69) is 20.8 Å². The highest BCUT2D eigenvalue weighted by Gasteiger charge is 2.61. The summed E-state index contributed by atoms with van der Waals surface area (Å²) < 4.78 is 39.1. The van der Waals surface area contributed by atoms with Gasteiger partial charge in [-0.2, -0.15) is 0 Å². The van der Waals surface area contributed by atoms with Crippen molar-refractivity contribution in [2.45, 2.75) is 179 Å². The van der Waals surface area contributed by atoms with E-state index >= 15 is 0 Å². The molecule has 0 bridgehead atoms. The van der Waals surface area contributed by atoms with Crippen LogP contribution in [-0.2, 0) is 38.0 Å². The highest BCUT2D eigenvalue weighted by molar-refractivity contribution is 5.72. The first-order valence-corrected chi connectivity index (χ1v) is 18.6. The molecule has 4 N–H and O–H groups in total. The van der Waals surface area contributed by atoms with Crippen LogP contribution in [0.25, 0.3) is 0 Å². The fourth-order valence-corrected chi connectivity index (χ4v) is 9.66. The molecule has 12 heteroatoms. The number of hydrogen-bond acceptors (Lipinski definition) is 11. The van der Waals surface area contributed by atoms with Crippen LogP contribution in [-0.4, -0.2) is 104 Å². The summed E-state index contributed by atoms with van der Waals surface area (Å²) in [6.07, 6.45) is 1.24. The number of carbonyl (C=O) groups is 2. The lowest BCUT2D eigenvalue weighted by Gasteiger charge is -2.48. The van der Waals surface area contributed by atoms with Crippen LogP contribution in [0.2, 0.25) is 0 Å². The van der Waals surface area contributed by atoms with E-state index < -0.39 is 71.5 Å². The maximum Gasteiger partial charge on any atom is 0.309 e. The van der Waals surface area contributed by atoms with Crippen molar-refractivity contribution < 1.29 is 58.4 Å². The van der Waals surface area contributed by atoms with Gasteiger partial charge in [-0.05, 0) is 64.7 Å². The molecule has 5 saturated heterocycles. The highest BCUT2D eigenvalue weighted by Crippen LogP contribution is 2.54. The smallest absolute Gasteiger partial charge is 0.309 e. The molecule has 0 unspecified atom stereocenters. The number of esters is 1. The van der Waals surface area contributed by atoms with E-state index in [0.717, 1.165) is 25.7 Å². The minimum atomic E-state index is -1.58. The zero-order chi connectivity index (χ0) is 36.3. The average Bonchev–Trinajstić information content (AvgIpc) is 3.74. The Hall–Kier alpha value is -1.38. The SMILES string of the molecule is CCC(=O)O[C@H]([C@H](C)[C@H]1O[C@@]2(CC[C@@](C)([C@H]3CC[C@@](C)([C@@H]4O[C@@H]([C@H]5O[C@@](O)(CO)[C@H](C)C[C@@H]5C)C[C@@H]4C)O3)O2)C[C@H](O)[C@H]1C)[C@@H](C)C(=O)O. The van der Waals surface area contributed by atoms with Gasteiger partial charge >= 0.3 is 11.9 Å². The third-order valence-corrected chi connectivity index (χ3v) is 12.9. The van der Waals surface area contributed by atoms with Gasteiger partial charge in [0.15, 0.2) is 11.6 Å². The van der Waals surface area contributed by atoms with Gasteiger partial charge < -0.3 is 48.8 Å². The van der Waals surface area contributed by atoms with Crippen LogP contribution in [0.4, 0.5) is 0 Å². The standard InChI is InChI=1S/C37H62O12/c1-10-28(40)45-30(24(7)33(41)42)23(6)31-22(5)25(39)17-36(47-31)14-13-34(8,49-36)27-11-12-35(9,46-27)32-20(3)16-26(44-32)29-19(2)15-21(4)37(43,18-38)48-29/h19-27,29-32,38-39,43H,10-18H2,1-9H3,(H,41,42)/t19-,20-,21+,22+,23-,24+,25-,26+,27+,29-,30+,31-,32+,34-,35-,36+,37-/m0/s1. The predicted octanol–water partition coefficient (Wildman–Crippen LogP) is 4.19. The van der Waals surface area contributed by atoms with Crippen molar-refractivity contribution in [1.82, 2.24) is 0 Å². The van der Waals surface area contributed by atoms with Gasteiger partial charge in [-0.1, -0.05) is 41.5 Å². The first-order chi connectivity index (χ1) is 22.8. The first-order valence-electron chi connectivity index (χ1n) is 18.6. The second-order valence-electron chi connectivity index (χ2n) is 16.8. The maximum absolute atomic E-state index is 12.3. The number of carbonyl (C=O) groups excluding carboxylic acids is 1. The van der Waals surface area contributed by atoms with Gasteiger partial charge in [0.25, 0.3) is 0 Å². The van der Waals surface area contributed by atoms with Gasteiger partial charge in [0.05, 0.1) is 60.4 Å². The van der Waals surface area contributed by atoms with Gasteiger partial charge in [-0.3, -0.25) is 9.59 Å². The van der Waals surface area contributed by atoms with Crippen molar-refractivity contribution in [3.8, 4) is 0 Å². The Morgan fingerprint density at radius 2 is 1.65 bits per heavy atom. The van der Waals surface area contributed by atoms with Crippen LogP contribution < -0.4 is 0 Å². The molecule has 12 nitrogen and oxygen atoms in total. The number of hydrogen-bond donors (Lipinski definition) is 4. The quantitative estimate of drug-likeness (QED) is 0.240. The van der Waals surface area contributed by atoms with Crippen LogP contribution in [0.5, 0.6) is 0 Å². The number of aliphatic hydroxyl groups is 3. The molecule has 5 aliphatic heterocycles. The molecule has 0 radical (unpaired) electrons. The summed E-state index contributed by atoms with van der Waals surface area (Å²) in [6, 6.07) is 0. The molecule has 0 aliphatic carbocycles. The summed E-state index contributed by atoms with van der Waals surface area (Å²) in [4.78, 5) is 24.3. The molecule has 1 spiro atoms. The highest BCUT2D eigenvalue weighted by atomic mass is 16.7. The minimum absolute atomic E-state index is 0.121. The Morgan fingerprint density at radius 3 is 2.29 bits per heavy atom. The van der Waals surface area contributed by atoms with E-state index in [0.29, 0.717) is 12.8 Å². The van der Waals surface area contributed by atoms with Crippen molar-refractivity contribution in [3.63, 3.8) is 0 Å². The van der Waals surface area contributed by atoms with E-state index in [4.69, 9.17) is 28.4 Å². The normalized spacial score (nSPS) is 49.1. The van der Waals surface area contributed by atoms with E-state index in [1.807, 2.05) is 27.7 Å². The van der Waals surface area contributed by atoms with Gasteiger partial charge in [0.2, 0.25) is 0 Å². The van der Waals surface area contributed by atoms with Crippen LogP contribution in [0.1, 0.15) is 114 Å². The number of aliphatic hydroxyl groups excluding tert-OH is 2. The predicted molar refractivity (Wildman–Crippen MR) is 177 cm³/mol. The van der Waals surface area contributed by atoms with E-state index in [1.54, 1.807) is 6.92 Å². The molecule has 5 heterocycles. The summed E-state index contributed by atoms with van der Waals surface area (Å²) >= 11 is 0. The Labute approximate surface area is 291 Å². The van der Waals surface area contributed by atoms with E-state index in [-0.39, 0.29) is 60.9 Å². The lowest BCUT2D eigenvalue weighted by molar-refractivity contribution is -0.335. The van der Waals surface area contributed by atoms with E-state index in [9.17, 15) is 30.0 Å². The third kappa shape index (κ3) is 7.32. The summed E-state index contributed by atoms with van der Waals surface area (Å²) in [5, 5.41) is 42.0. The molecular weight excluding hydrogens is 636 g/mol. The maximum atomic E-state index is 12.3. The molecule has 5 fully saturated rings. The molecule has 5 rings (SSSR count). The Kier molecular flexibility index (Phi) is 11.3. The molecular formula is C37H62O12. The third-order valence-electron chi connectivity index (χ3n) is 12.9. The molecule has 0 aromatic carbocycles. The molecule has 17 atom stereocenters. The van der Waals surface area contributed by atoms with E-state index in [1.165, 1.54) is 6.92 Å². The second kappa shape index (κ2) is 14.2. The molecule has 0 saturated carbocycles. The van der Waals surface area contributed by atoms with Crippen molar-refractivity contribution in [1.29, 1.82) is 0 Å². The lowest BCUT2D eigenvalue weighted by atomic mass is 9.78. The van der Waals surface area contributed by atoms with Crippen molar-refractivity contribution in [2.24, 2.45) is 35.5 Å². The number of carboxylic acid groups (broad SMARTS) is 1. The van der Waals surface area contributed by atoms with Crippen molar-refractivity contribution >= 4 is 11.9 Å². The average molecular weight is 699 g/mol. The van der Waals surface area contributed by atoms with Crippen molar-refractivity contribution in [3.05, 3.63) is 0 Å². The summed E-state index contributed by atoms with van der Waals surface area (Å²) in [5.41, 5.74) is -1.29. The molecule has 49 heavy (non-hydrogen) atoms. The van der Waals surface area contributed by atoms with Crippen LogP contribution in [0.15, 0.2) is 0 Å². The number of aliphatic carboxylic acids is 1. The van der Waals surface area contributed by atoms with Gasteiger partial charge in [-0.15, -0.1) is 0 Å². The largest absolute Gasteiger partial charge is 0.481 e. The number of rotatable bonds is 10. The summed E-state index contributed by atoms with van der Waals surface area (Å²) in [7, 11) is 0. The first kappa shape index (κ1) is 38.8. The molecule has 0 amide bonds. The summed E-state index contributed by atoms with van der Waals surface area (Å²) in [6.45, 7) is 16.7. The summed E-state index contributed by atoms with van der Waals surface area (Å²) in [5.74, 6) is -5.90. The lowest BCUT2D eigenvalue weighted by Crippen LogP contribution is -2.57. The topological polar surface area (TPSA) is 170 Å². The molecule has 0 aromatic rings. The van der Waals surface area contributed by atoms with Gasteiger partial charge in [-0.25, -0.2) is 0 Å². The van der Waals surface area contributed by atoms with Gasteiger partial charge in [0.1, 0.15) is 6.10 Å². The van der Waals surface area contributed by atoms with Crippen LogP contribution >= 0.6 is 0 Å². The molecule has 5 aliphatic rings. The van der Waals surface area contributed by atoms with Crippen LogP contribution in [0, 0.1) is 35.5 Å². The van der Waals surface area contributed by atoms with Crippen LogP contribution in [0.3, 0.4) is 0 Å². The Balaban J connectivity index is 1.27. The zero-order valence-electron chi connectivity index (χ0n) is 30.9. The zero-order valence-corrected chi connectivity index (χ0v) is 30.9. The van der Waals surface area contributed by atoms with Crippen molar-refractivity contribution in [2.75, 3.05) is 6.61 Å². The molecule has 0 aromatic heterocycles. The Morgan fingerprint density at radius 1 is 0.959 bits per heavy atom. The number of ether oxygens (including phenoxy) is 6. The minimum Gasteiger partial charge on any atom is -0.481 e.